The molecule has 6 heteroatoms. The van der Waals surface area contributed by atoms with Gasteiger partial charge in [-0.15, -0.1) is 11.6 Å². The number of alkyl halides is 1. The van der Waals surface area contributed by atoms with Gasteiger partial charge in [0, 0.05) is 37.3 Å². The lowest BCUT2D eigenvalue weighted by molar-refractivity contribution is 0.629. The van der Waals surface area contributed by atoms with Crippen molar-refractivity contribution in [3.63, 3.8) is 0 Å². The van der Waals surface area contributed by atoms with Crippen molar-refractivity contribution in [3.8, 4) is 0 Å². The second-order valence-electron chi connectivity index (χ2n) is 4.66. The highest BCUT2D eigenvalue weighted by atomic mass is 35.5. The van der Waals surface area contributed by atoms with Crippen LogP contribution < -0.4 is 0 Å². The number of aromatic nitrogens is 3. The second-order valence-corrected chi connectivity index (χ2v) is 5.45. The van der Waals surface area contributed by atoms with Crippen LogP contribution in [0.1, 0.15) is 11.4 Å². The first-order valence-electron chi connectivity index (χ1n) is 6.48. The molecule has 0 N–H and O–H groups in total. The van der Waals surface area contributed by atoms with E-state index in [1.54, 1.807) is 18.5 Å². The molecule has 1 aromatic carbocycles. The summed E-state index contributed by atoms with van der Waals surface area (Å²) in [4.78, 5) is 8.47. The summed E-state index contributed by atoms with van der Waals surface area (Å²) in [7, 11) is 0. The SMILES string of the molecule is Fc1cc2nc(CCCl)n(Cc3ccncc3)c2cc1Cl. The smallest absolute Gasteiger partial charge is 0.144 e. The molecule has 0 saturated carbocycles. The standard InChI is InChI=1S/C15H12Cl2FN3/c16-4-1-15-20-13-8-12(18)11(17)7-14(13)21(15)9-10-2-5-19-6-3-10/h2-3,5-8H,1,4,9H2. The van der Waals surface area contributed by atoms with Crippen molar-refractivity contribution in [1.82, 2.24) is 14.5 Å². The van der Waals surface area contributed by atoms with Gasteiger partial charge in [-0.3, -0.25) is 4.98 Å². The number of halogens is 3. The Balaban J connectivity index is 2.13. The maximum Gasteiger partial charge on any atom is 0.144 e. The number of pyridine rings is 1. The number of hydrogen-bond donors (Lipinski definition) is 0. The maximum atomic E-state index is 13.6. The molecule has 0 aliphatic heterocycles. The molecule has 108 valence electrons. The molecule has 21 heavy (non-hydrogen) atoms. The van der Waals surface area contributed by atoms with Crippen LogP contribution in [0.2, 0.25) is 5.02 Å². The summed E-state index contributed by atoms with van der Waals surface area (Å²) >= 11 is 11.7. The summed E-state index contributed by atoms with van der Waals surface area (Å²) < 4.78 is 15.6. The Morgan fingerprint density at radius 2 is 1.95 bits per heavy atom. The monoisotopic (exact) mass is 323 g/mol. The van der Waals surface area contributed by atoms with E-state index in [0.717, 1.165) is 16.9 Å². The zero-order valence-corrected chi connectivity index (χ0v) is 12.6. The van der Waals surface area contributed by atoms with Gasteiger partial charge in [-0.25, -0.2) is 9.37 Å². The van der Waals surface area contributed by atoms with Crippen LogP contribution in [-0.4, -0.2) is 20.4 Å². The van der Waals surface area contributed by atoms with Gasteiger partial charge in [0.15, 0.2) is 0 Å². The van der Waals surface area contributed by atoms with Crippen LogP contribution in [0.3, 0.4) is 0 Å². The van der Waals surface area contributed by atoms with Crippen LogP contribution in [0.5, 0.6) is 0 Å². The van der Waals surface area contributed by atoms with E-state index in [4.69, 9.17) is 23.2 Å². The van der Waals surface area contributed by atoms with Crippen molar-refractivity contribution < 1.29 is 4.39 Å². The minimum absolute atomic E-state index is 0.0933. The Morgan fingerprint density at radius 1 is 1.19 bits per heavy atom. The van der Waals surface area contributed by atoms with E-state index >= 15 is 0 Å². The first-order valence-corrected chi connectivity index (χ1v) is 7.39. The van der Waals surface area contributed by atoms with Crippen LogP contribution in [0.4, 0.5) is 4.39 Å². The van der Waals surface area contributed by atoms with Gasteiger partial charge in [0.05, 0.1) is 16.1 Å². The molecule has 0 atom stereocenters. The van der Waals surface area contributed by atoms with Crippen molar-refractivity contribution in [2.24, 2.45) is 0 Å². The number of rotatable bonds is 4. The first kappa shape index (κ1) is 14.3. The molecule has 3 rings (SSSR count). The third-order valence-electron chi connectivity index (χ3n) is 3.28. The average molecular weight is 324 g/mol. The Hall–Kier alpha value is -1.65. The summed E-state index contributed by atoms with van der Waals surface area (Å²) in [6.07, 6.45) is 4.09. The Bertz CT molecular complexity index is 771. The summed E-state index contributed by atoms with van der Waals surface area (Å²) in [5.41, 5.74) is 2.48. The highest BCUT2D eigenvalue weighted by Crippen LogP contribution is 2.25. The molecule has 2 heterocycles. The van der Waals surface area contributed by atoms with Crippen LogP contribution in [0.25, 0.3) is 11.0 Å². The number of benzene rings is 1. The van der Waals surface area contributed by atoms with Crippen molar-refractivity contribution in [2.45, 2.75) is 13.0 Å². The fourth-order valence-corrected chi connectivity index (χ4v) is 2.62. The summed E-state index contributed by atoms with van der Waals surface area (Å²) in [5, 5.41) is 0.0933. The highest BCUT2D eigenvalue weighted by molar-refractivity contribution is 6.31. The number of aryl methyl sites for hydroxylation is 1. The van der Waals surface area contributed by atoms with Crippen molar-refractivity contribution in [2.75, 3.05) is 5.88 Å². The zero-order valence-electron chi connectivity index (χ0n) is 11.1. The quantitative estimate of drug-likeness (QED) is 0.678. The molecule has 0 aliphatic carbocycles. The Kier molecular flexibility index (Phi) is 4.08. The fourth-order valence-electron chi connectivity index (χ4n) is 2.29. The van der Waals surface area contributed by atoms with Crippen LogP contribution in [0, 0.1) is 5.82 Å². The first-order chi connectivity index (χ1) is 10.2. The molecule has 0 saturated heterocycles. The van der Waals surface area contributed by atoms with Crippen molar-refractivity contribution >= 4 is 34.2 Å². The number of fused-ring (bicyclic) bond motifs is 1. The van der Waals surface area contributed by atoms with Crippen molar-refractivity contribution in [1.29, 1.82) is 0 Å². The molecule has 0 amide bonds. The van der Waals surface area contributed by atoms with Crippen LogP contribution >= 0.6 is 23.2 Å². The van der Waals surface area contributed by atoms with E-state index in [1.165, 1.54) is 6.07 Å². The third-order valence-corrected chi connectivity index (χ3v) is 3.76. The van der Waals surface area contributed by atoms with Crippen LogP contribution in [0.15, 0.2) is 36.7 Å². The molecule has 0 spiro atoms. The lowest BCUT2D eigenvalue weighted by atomic mass is 10.2. The Labute approximate surface area is 131 Å². The van der Waals surface area contributed by atoms with E-state index in [1.807, 2.05) is 16.7 Å². The van der Waals surface area contributed by atoms with Gasteiger partial charge in [0.25, 0.3) is 0 Å². The molecule has 0 fully saturated rings. The van der Waals surface area contributed by atoms with Crippen LogP contribution in [-0.2, 0) is 13.0 Å². The molecular formula is C15H12Cl2FN3. The van der Waals surface area contributed by atoms with Crippen molar-refractivity contribution in [3.05, 3.63) is 58.9 Å². The number of hydrogen-bond acceptors (Lipinski definition) is 2. The van der Waals surface area contributed by atoms with Gasteiger partial charge in [0.1, 0.15) is 11.6 Å². The lowest BCUT2D eigenvalue weighted by Gasteiger charge is -2.08. The second kappa shape index (κ2) is 6.00. The molecular weight excluding hydrogens is 312 g/mol. The molecule has 3 nitrogen and oxygen atoms in total. The molecule has 0 radical (unpaired) electrons. The predicted molar refractivity (Wildman–Crippen MR) is 82.5 cm³/mol. The fraction of sp³-hybridized carbons (Fsp3) is 0.200. The third kappa shape index (κ3) is 2.87. The van der Waals surface area contributed by atoms with Gasteiger partial charge in [-0.05, 0) is 23.8 Å². The summed E-state index contributed by atoms with van der Waals surface area (Å²) in [6.45, 7) is 0.618. The average Bonchev–Trinajstić information content (AvgIpc) is 2.79. The zero-order chi connectivity index (χ0) is 14.8. The van der Waals surface area contributed by atoms with Gasteiger partial charge >= 0.3 is 0 Å². The van der Waals surface area contributed by atoms with E-state index in [-0.39, 0.29) is 5.02 Å². The molecule has 0 aliphatic rings. The minimum atomic E-state index is -0.463. The van der Waals surface area contributed by atoms with E-state index in [0.29, 0.717) is 24.4 Å². The number of nitrogens with zero attached hydrogens (tertiary/aromatic N) is 3. The summed E-state index contributed by atoms with van der Waals surface area (Å²) in [6, 6.07) is 6.83. The predicted octanol–water partition coefficient (Wildman–Crippen LogP) is 4.05. The highest BCUT2D eigenvalue weighted by Gasteiger charge is 2.13. The maximum absolute atomic E-state index is 13.6. The molecule has 2 aromatic heterocycles. The molecule has 3 aromatic rings. The van der Waals surface area contributed by atoms with Gasteiger partial charge in [-0.2, -0.15) is 0 Å². The van der Waals surface area contributed by atoms with E-state index in [2.05, 4.69) is 9.97 Å². The number of imidazole rings is 1. The van der Waals surface area contributed by atoms with E-state index < -0.39 is 5.82 Å². The Morgan fingerprint density at radius 3 is 2.67 bits per heavy atom. The minimum Gasteiger partial charge on any atom is -0.323 e. The van der Waals surface area contributed by atoms with E-state index in [9.17, 15) is 4.39 Å². The largest absolute Gasteiger partial charge is 0.323 e. The topological polar surface area (TPSA) is 30.7 Å². The molecule has 0 unspecified atom stereocenters. The summed E-state index contributed by atoms with van der Waals surface area (Å²) in [5.74, 6) is 0.809. The lowest BCUT2D eigenvalue weighted by Crippen LogP contribution is -2.06. The molecule has 0 bridgehead atoms. The van der Waals surface area contributed by atoms with Gasteiger partial charge in [0.2, 0.25) is 0 Å². The van der Waals surface area contributed by atoms with Gasteiger partial charge in [-0.1, -0.05) is 11.6 Å². The van der Waals surface area contributed by atoms with Gasteiger partial charge < -0.3 is 4.57 Å². The normalized spacial score (nSPS) is 11.2.